The Balaban J connectivity index is 4.19. The molecule has 0 saturated carbocycles. The lowest BCUT2D eigenvalue weighted by Crippen LogP contribution is -2.03. The van der Waals surface area contributed by atoms with Gasteiger partial charge in [0.05, 0.1) is 13.2 Å². The van der Waals surface area contributed by atoms with Gasteiger partial charge < -0.3 is 10.2 Å². The zero-order chi connectivity index (χ0) is 7.98. The van der Waals surface area contributed by atoms with E-state index >= 15 is 0 Å². The maximum Gasteiger partial charge on any atom is 0.274 e. The summed E-state index contributed by atoms with van der Waals surface area (Å²) >= 11 is 0. The van der Waals surface area contributed by atoms with Gasteiger partial charge in [-0.1, -0.05) is 0 Å². The summed E-state index contributed by atoms with van der Waals surface area (Å²) in [5.74, 6) is -0.600. The summed E-state index contributed by atoms with van der Waals surface area (Å²) in [4.78, 5) is 13.6. The molecule has 0 rings (SSSR count). The van der Waals surface area contributed by atoms with Crippen LogP contribution in [0.4, 0.5) is 0 Å². The van der Waals surface area contributed by atoms with E-state index in [2.05, 4.69) is 11.7 Å². The molecule has 0 unspecified atom stereocenters. The molecule has 0 radical (unpaired) electrons. The summed E-state index contributed by atoms with van der Waals surface area (Å²) in [6.45, 7) is 2.28. The number of rotatable bonds is 3. The smallest absolute Gasteiger partial charge is 0.274 e. The van der Waals surface area contributed by atoms with Crippen LogP contribution < -0.4 is 0 Å². The van der Waals surface area contributed by atoms with Crippen molar-refractivity contribution in [1.82, 2.24) is 0 Å². The van der Waals surface area contributed by atoms with Crippen LogP contribution in [-0.2, 0) is 4.79 Å². The van der Waals surface area contributed by atoms with Gasteiger partial charge in [-0.05, 0) is 12.8 Å². The maximum atomic E-state index is 10.6. The highest BCUT2D eigenvalue weighted by molar-refractivity contribution is 5.96. The normalized spacial score (nSPS) is 11.2. The molecule has 0 aliphatic rings. The molecule has 10 heavy (non-hydrogen) atoms. The zero-order valence-electron chi connectivity index (χ0n) is 5.45. The summed E-state index contributed by atoms with van der Waals surface area (Å²) < 4.78 is 0. The van der Waals surface area contributed by atoms with Crippen LogP contribution in [0.1, 0.15) is 0 Å². The van der Waals surface area contributed by atoms with Gasteiger partial charge >= 0.3 is 0 Å². The number of hydrogen-bond acceptors (Lipinski definition) is 3. The van der Waals surface area contributed by atoms with Gasteiger partial charge in [-0.2, -0.15) is 0 Å². The number of nitrogens with zero attached hydrogens (tertiary/aromatic N) is 1. The average molecular weight is 143 g/mol. The van der Waals surface area contributed by atoms with Crippen molar-refractivity contribution in [3.8, 4) is 0 Å². The van der Waals surface area contributed by atoms with Gasteiger partial charge in [0.1, 0.15) is 0 Å². The third-order valence-corrected chi connectivity index (χ3v) is 0.926. The van der Waals surface area contributed by atoms with Crippen LogP contribution in [0.15, 0.2) is 16.6 Å². The second-order valence-electron chi connectivity index (χ2n) is 1.53. The van der Waals surface area contributed by atoms with Crippen LogP contribution in [0.5, 0.6) is 0 Å². The zero-order valence-corrected chi connectivity index (χ0v) is 5.45. The number of carbonyl (C=O) groups excluding carboxylic acids is 1. The molecule has 2 N–H and O–H groups in total. The summed E-state index contributed by atoms with van der Waals surface area (Å²) in [6, 6.07) is 0. The van der Waals surface area contributed by atoms with Crippen LogP contribution in [-0.4, -0.2) is 36.1 Å². The summed E-state index contributed by atoms with van der Waals surface area (Å²) in [5, 5.41) is 16.8. The Labute approximate surface area is 58.5 Å². The fourth-order valence-electron chi connectivity index (χ4n) is 0.431. The molecule has 0 spiro atoms. The molecule has 0 atom stereocenters. The third-order valence-electron chi connectivity index (χ3n) is 0.926. The molecule has 0 saturated heterocycles. The quantitative estimate of drug-likeness (QED) is 0.398. The first-order valence-corrected chi connectivity index (χ1v) is 2.68. The molecule has 0 fully saturated rings. The van der Waals surface area contributed by atoms with E-state index in [1.54, 1.807) is 0 Å². The highest BCUT2D eigenvalue weighted by Gasteiger charge is 2.02. The third kappa shape index (κ3) is 2.52. The average Bonchev–Trinajstić information content (AvgIpc) is 1.99. The summed E-state index contributed by atoms with van der Waals surface area (Å²) in [6.07, 6.45) is 1.19. The highest BCUT2D eigenvalue weighted by Crippen LogP contribution is 1.94. The number of amides is 1. The van der Waals surface area contributed by atoms with E-state index in [-0.39, 0.29) is 12.2 Å². The van der Waals surface area contributed by atoms with E-state index in [9.17, 15) is 4.79 Å². The Morgan fingerprint density at radius 3 is 2.50 bits per heavy atom. The second kappa shape index (κ2) is 4.84. The van der Waals surface area contributed by atoms with E-state index in [0.717, 1.165) is 0 Å². The minimum atomic E-state index is -0.600. The molecule has 56 valence electrons. The van der Waals surface area contributed by atoms with Gasteiger partial charge in [0.2, 0.25) is 0 Å². The number of hydrogen-bond donors (Lipinski definition) is 2. The molecular formula is C6H9NO3. The van der Waals surface area contributed by atoms with Crippen LogP contribution in [0.25, 0.3) is 0 Å². The van der Waals surface area contributed by atoms with E-state index < -0.39 is 12.5 Å². The minimum absolute atomic E-state index is 0.0671. The first kappa shape index (κ1) is 9.00. The monoisotopic (exact) mass is 143 g/mol. The van der Waals surface area contributed by atoms with Crippen LogP contribution in [0, 0.1) is 0 Å². The molecule has 0 bridgehead atoms. The molecule has 0 aliphatic heterocycles. The van der Waals surface area contributed by atoms with Crippen LogP contribution in [0.3, 0.4) is 0 Å². The molecule has 4 heteroatoms. The maximum absolute atomic E-state index is 10.6. The fraction of sp³-hybridized carbons (Fsp3) is 0.333. The predicted molar refractivity (Wildman–Crippen MR) is 36.8 cm³/mol. The Morgan fingerprint density at radius 1 is 1.60 bits per heavy atom. The van der Waals surface area contributed by atoms with E-state index in [0.29, 0.717) is 0 Å². The molecule has 0 heterocycles. The minimum Gasteiger partial charge on any atom is -0.392 e. The van der Waals surface area contributed by atoms with Crippen molar-refractivity contribution in [2.75, 3.05) is 13.2 Å². The highest BCUT2D eigenvalue weighted by atomic mass is 16.3. The van der Waals surface area contributed by atoms with E-state index in [1.807, 2.05) is 0 Å². The molecule has 0 aromatic heterocycles. The Bertz CT molecular complexity index is 162. The Hall–Kier alpha value is -1.00. The predicted octanol–water partition coefficient (Wildman–Crippen LogP) is -0.875. The van der Waals surface area contributed by atoms with Crippen molar-refractivity contribution in [3.63, 3.8) is 0 Å². The number of aliphatic imine (C=N–C) groups is 1. The van der Waals surface area contributed by atoms with Crippen molar-refractivity contribution >= 4 is 12.6 Å². The first-order valence-electron chi connectivity index (χ1n) is 2.68. The van der Waals surface area contributed by atoms with E-state index in [4.69, 9.17) is 10.2 Å². The standard InChI is InChI=1S/C6H9NO3/c1-7-6(10)5(4-9)2-3-8/h2,8-9H,1,3-4H2. The second-order valence-corrected chi connectivity index (χ2v) is 1.53. The first-order chi connectivity index (χ1) is 4.76. The number of carbonyl (C=O) groups is 1. The van der Waals surface area contributed by atoms with Crippen molar-refractivity contribution in [3.05, 3.63) is 11.6 Å². The Kier molecular flexibility index (Phi) is 4.36. The molecule has 0 aromatic carbocycles. The lowest BCUT2D eigenvalue weighted by atomic mass is 10.2. The van der Waals surface area contributed by atoms with Crippen molar-refractivity contribution in [2.45, 2.75) is 0 Å². The van der Waals surface area contributed by atoms with Gasteiger partial charge in [0.15, 0.2) is 0 Å². The van der Waals surface area contributed by atoms with Gasteiger partial charge in [-0.25, -0.2) is 4.99 Å². The van der Waals surface area contributed by atoms with Crippen LogP contribution in [0.2, 0.25) is 0 Å². The number of aliphatic hydroxyl groups is 2. The molecule has 4 nitrogen and oxygen atoms in total. The molecule has 0 aromatic rings. The molecular weight excluding hydrogens is 134 g/mol. The SMILES string of the molecule is C=NC(=O)C(=CCO)CO. The topological polar surface area (TPSA) is 69.9 Å². The molecule has 0 aliphatic carbocycles. The largest absolute Gasteiger partial charge is 0.392 e. The van der Waals surface area contributed by atoms with Gasteiger partial charge in [0.25, 0.3) is 5.91 Å². The lowest BCUT2D eigenvalue weighted by Gasteiger charge is -1.94. The van der Waals surface area contributed by atoms with Gasteiger partial charge in [0, 0.05) is 5.57 Å². The lowest BCUT2D eigenvalue weighted by molar-refractivity contribution is -0.114. The summed E-state index contributed by atoms with van der Waals surface area (Å²) in [5.41, 5.74) is 0.0671. The van der Waals surface area contributed by atoms with E-state index in [1.165, 1.54) is 6.08 Å². The van der Waals surface area contributed by atoms with Gasteiger partial charge in [-0.15, -0.1) is 0 Å². The fourth-order valence-corrected chi connectivity index (χ4v) is 0.431. The number of aliphatic hydroxyl groups excluding tert-OH is 2. The Morgan fingerprint density at radius 2 is 2.20 bits per heavy atom. The van der Waals surface area contributed by atoms with Crippen LogP contribution >= 0.6 is 0 Å². The van der Waals surface area contributed by atoms with Gasteiger partial charge in [-0.3, -0.25) is 4.79 Å². The van der Waals surface area contributed by atoms with Crippen molar-refractivity contribution in [1.29, 1.82) is 0 Å². The summed E-state index contributed by atoms with van der Waals surface area (Å²) in [7, 11) is 0. The van der Waals surface area contributed by atoms with Crippen molar-refractivity contribution < 1.29 is 15.0 Å². The van der Waals surface area contributed by atoms with Crippen molar-refractivity contribution in [2.24, 2.45) is 4.99 Å². The molecule has 1 amide bonds.